The van der Waals surface area contributed by atoms with E-state index in [0.29, 0.717) is 24.0 Å². The molecule has 8 nitrogen and oxygen atoms in total. The zero-order valence-corrected chi connectivity index (χ0v) is 17.1. The Morgan fingerprint density at radius 3 is 2.37 bits per heavy atom. The molecule has 1 aliphatic rings. The second-order valence-corrected chi connectivity index (χ2v) is 9.20. The lowest BCUT2D eigenvalue weighted by Gasteiger charge is -2.25. The van der Waals surface area contributed by atoms with Crippen molar-refractivity contribution >= 4 is 21.9 Å². The summed E-state index contributed by atoms with van der Waals surface area (Å²) in [5, 5.41) is 21.3. The van der Waals surface area contributed by atoms with Crippen molar-refractivity contribution in [1.82, 2.24) is 9.62 Å². The number of carboxylic acid groups (broad SMARTS) is 1. The van der Waals surface area contributed by atoms with Gasteiger partial charge >= 0.3 is 5.97 Å². The van der Waals surface area contributed by atoms with Crippen LogP contribution in [0.25, 0.3) is 0 Å². The van der Waals surface area contributed by atoms with E-state index in [2.05, 4.69) is 5.32 Å². The number of carbonyl (C=O) groups excluding carboxylic acids is 1. The largest absolute Gasteiger partial charge is 0.508 e. The summed E-state index contributed by atoms with van der Waals surface area (Å²) in [7, 11) is -3.73. The van der Waals surface area contributed by atoms with Gasteiger partial charge in [0.2, 0.25) is 15.9 Å². The van der Waals surface area contributed by atoms with Gasteiger partial charge in [0.25, 0.3) is 0 Å². The average molecular weight is 432 g/mol. The number of nitrogens with zero attached hydrogens (tertiary/aromatic N) is 1. The molecule has 1 fully saturated rings. The van der Waals surface area contributed by atoms with Crippen LogP contribution in [0, 0.1) is 0 Å². The Labute approximate surface area is 175 Å². The van der Waals surface area contributed by atoms with Gasteiger partial charge in [-0.1, -0.05) is 42.5 Å². The van der Waals surface area contributed by atoms with E-state index >= 15 is 0 Å². The van der Waals surface area contributed by atoms with Crippen LogP contribution < -0.4 is 5.32 Å². The van der Waals surface area contributed by atoms with Crippen molar-refractivity contribution in [2.24, 2.45) is 0 Å². The number of phenols is 1. The summed E-state index contributed by atoms with van der Waals surface area (Å²) in [6.45, 7) is 0.225. The molecule has 0 spiro atoms. The molecule has 0 radical (unpaired) electrons. The van der Waals surface area contributed by atoms with Crippen LogP contribution >= 0.6 is 0 Å². The fourth-order valence-corrected chi connectivity index (χ4v) is 5.31. The summed E-state index contributed by atoms with van der Waals surface area (Å²) in [5.74, 6) is -1.99. The molecule has 1 amide bonds. The van der Waals surface area contributed by atoms with E-state index in [1.165, 1.54) is 16.4 Å². The maximum Gasteiger partial charge on any atom is 0.326 e. The highest BCUT2D eigenvalue weighted by atomic mass is 32.2. The monoisotopic (exact) mass is 432 g/mol. The van der Waals surface area contributed by atoms with Crippen molar-refractivity contribution in [2.75, 3.05) is 6.54 Å². The van der Waals surface area contributed by atoms with Gasteiger partial charge in [-0.05, 0) is 36.1 Å². The first-order chi connectivity index (χ1) is 14.3. The van der Waals surface area contributed by atoms with Crippen molar-refractivity contribution in [3.8, 4) is 5.75 Å². The van der Waals surface area contributed by atoms with Crippen molar-refractivity contribution < 1.29 is 28.2 Å². The third kappa shape index (κ3) is 5.37. The number of carboxylic acids is 1. The minimum Gasteiger partial charge on any atom is -0.508 e. The predicted molar refractivity (Wildman–Crippen MR) is 110 cm³/mol. The van der Waals surface area contributed by atoms with Crippen molar-refractivity contribution in [3.63, 3.8) is 0 Å². The molecule has 1 heterocycles. The average Bonchev–Trinajstić information content (AvgIpc) is 3.20. The number of phenolic OH excluding ortho intramolecular Hbond substituents is 1. The highest BCUT2D eigenvalue weighted by Gasteiger charge is 2.39. The van der Waals surface area contributed by atoms with Crippen LogP contribution in [0.5, 0.6) is 5.75 Å². The molecule has 160 valence electrons. The highest BCUT2D eigenvalue weighted by molar-refractivity contribution is 7.88. The number of carbonyl (C=O) groups is 2. The van der Waals surface area contributed by atoms with Crippen LogP contribution in [0.15, 0.2) is 54.6 Å². The smallest absolute Gasteiger partial charge is 0.326 e. The van der Waals surface area contributed by atoms with Gasteiger partial charge in [0.05, 0.1) is 5.75 Å². The minimum atomic E-state index is -3.73. The zero-order chi connectivity index (χ0) is 21.7. The maximum absolute atomic E-state index is 12.9. The first kappa shape index (κ1) is 21.8. The lowest BCUT2D eigenvalue weighted by molar-refractivity contribution is -0.142. The Bertz CT molecular complexity index is 992. The van der Waals surface area contributed by atoms with Gasteiger partial charge < -0.3 is 15.5 Å². The fourth-order valence-electron chi connectivity index (χ4n) is 3.54. The second kappa shape index (κ2) is 9.27. The molecule has 3 N–H and O–H groups in total. The Morgan fingerprint density at radius 1 is 1.07 bits per heavy atom. The van der Waals surface area contributed by atoms with Crippen molar-refractivity contribution in [2.45, 2.75) is 37.1 Å². The fraction of sp³-hybridized carbons (Fsp3) is 0.333. The summed E-state index contributed by atoms with van der Waals surface area (Å²) < 4.78 is 26.9. The molecular formula is C21H24N2O6S. The normalized spacial score (nSPS) is 18.1. The van der Waals surface area contributed by atoms with Crippen LogP contribution in [0.4, 0.5) is 0 Å². The molecule has 1 saturated heterocycles. The van der Waals surface area contributed by atoms with Gasteiger partial charge in [-0.15, -0.1) is 0 Å². The van der Waals surface area contributed by atoms with E-state index in [4.69, 9.17) is 0 Å². The molecule has 2 aromatic rings. The standard InChI is InChI=1S/C21H24N2O6S/c24-17-10-8-15(9-11-17)13-18(21(26)27)22-20(25)19-7-4-12-23(19)30(28,29)14-16-5-2-1-3-6-16/h1-3,5-6,8-11,18-19,24H,4,7,12-14H2,(H,22,25)(H,26,27)/t18-,19-/m0/s1. The summed E-state index contributed by atoms with van der Waals surface area (Å²) >= 11 is 0. The molecule has 30 heavy (non-hydrogen) atoms. The Kier molecular flexibility index (Phi) is 6.73. The molecule has 2 aromatic carbocycles. The van der Waals surface area contributed by atoms with Gasteiger partial charge in [0.15, 0.2) is 0 Å². The molecular weight excluding hydrogens is 408 g/mol. The number of amides is 1. The Hall–Kier alpha value is -2.91. The number of benzene rings is 2. The van der Waals surface area contributed by atoms with Crippen molar-refractivity contribution in [3.05, 3.63) is 65.7 Å². The van der Waals surface area contributed by atoms with E-state index in [9.17, 15) is 28.2 Å². The quantitative estimate of drug-likeness (QED) is 0.581. The Balaban J connectivity index is 1.70. The van der Waals surface area contributed by atoms with Gasteiger partial charge in [-0.2, -0.15) is 4.31 Å². The molecule has 0 saturated carbocycles. The van der Waals surface area contributed by atoms with E-state index in [1.54, 1.807) is 42.5 Å². The first-order valence-corrected chi connectivity index (χ1v) is 11.2. The Morgan fingerprint density at radius 2 is 1.73 bits per heavy atom. The number of aliphatic carboxylic acids is 1. The number of aromatic hydroxyl groups is 1. The van der Waals surface area contributed by atoms with Gasteiger partial charge in [0, 0.05) is 13.0 Å². The van der Waals surface area contributed by atoms with Gasteiger partial charge in [-0.25, -0.2) is 13.2 Å². The number of rotatable bonds is 8. The third-order valence-electron chi connectivity index (χ3n) is 5.05. The number of sulfonamides is 1. The molecule has 0 aromatic heterocycles. The summed E-state index contributed by atoms with van der Waals surface area (Å²) in [6.07, 6.45) is 0.887. The summed E-state index contributed by atoms with van der Waals surface area (Å²) in [5.41, 5.74) is 1.25. The van der Waals surface area contributed by atoms with E-state index < -0.39 is 34.0 Å². The van der Waals surface area contributed by atoms with Crippen LogP contribution in [-0.2, 0) is 31.8 Å². The SMILES string of the molecule is O=C(O)[C@H](Cc1ccc(O)cc1)NC(=O)[C@@H]1CCCN1S(=O)(=O)Cc1ccccc1. The second-order valence-electron chi connectivity index (χ2n) is 7.28. The maximum atomic E-state index is 12.9. The van der Waals surface area contributed by atoms with Crippen LogP contribution in [-0.4, -0.2) is 53.4 Å². The molecule has 0 bridgehead atoms. The lowest BCUT2D eigenvalue weighted by atomic mass is 10.1. The van der Waals surface area contributed by atoms with Crippen LogP contribution in [0.2, 0.25) is 0 Å². The van der Waals surface area contributed by atoms with Gasteiger partial charge in [0.1, 0.15) is 17.8 Å². The molecule has 0 unspecified atom stereocenters. The van der Waals surface area contributed by atoms with E-state index in [0.717, 1.165) is 0 Å². The molecule has 2 atom stereocenters. The topological polar surface area (TPSA) is 124 Å². The lowest BCUT2D eigenvalue weighted by Crippen LogP contribution is -2.51. The minimum absolute atomic E-state index is 0.0187. The van der Waals surface area contributed by atoms with Crippen molar-refractivity contribution in [1.29, 1.82) is 0 Å². The van der Waals surface area contributed by atoms with Gasteiger partial charge in [-0.3, -0.25) is 4.79 Å². The zero-order valence-electron chi connectivity index (χ0n) is 16.3. The third-order valence-corrected chi connectivity index (χ3v) is 6.90. The molecule has 9 heteroatoms. The number of nitrogens with one attached hydrogen (secondary N) is 1. The summed E-state index contributed by atoms with van der Waals surface area (Å²) in [6, 6.07) is 12.6. The van der Waals surface area contributed by atoms with Crippen LogP contribution in [0.1, 0.15) is 24.0 Å². The number of hydrogen-bond donors (Lipinski definition) is 3. The predicted octanol–water partition coefficient (Wildman–Crippen LogP) is 1.50. The molecule has 1 aliphatic heterocycles. The van der Waals surface area contributed by atoms with Crippen LogP contribution in [0.3, 0.4) is 0 Å². The number of hydrogen-bond acceptors (Lipinski definition) is 5. The summed E-state index contributed by atoms with van der Waals surface area (Å²) in [4.78, 5) is 24.4. The van der Waals surface area contributed by atoms with E-state index in [-0.39, 0.29) is 24.5 Å². The van der Waals surface area contributed by atoms with E-state index in [1.807, 2.05) is 0 Å². The molecule has 0 aliphatic carbocycles. The molecule has 3 rings (SSSR count). The highest BCUT2D eigenvalue weighted by Crippen LogP contribution is 2.24. The first-order valence-electron chi connectivity index (χ1n) is 9.61.